The molecule has 9 heteroatoms. The van der Waals surface area contributed by atoms with Crippen molar-refractivity contribution in [2.24, 2.45) is 0 Å². The van der Waals surface area contributed by atoms with E-state index in [-0.39, 0.29) is 24.1 Å². The van der Waals surface area contributed by atoms with E-state index in [1.165, 1.54) is 23.5 Å². The summed E-state index contributed by atoms with van der Waals surface area (Å²) in [4.78, 5) is 18.0. The first kappa shape index (κ1) is 18.2. The van der Waals surface area contributed by atoms with Gasteiger partial charge in [0.15, 0.2) is 11.0 Å². The van der Waals surface area contributed by atoms with Gasteiger partial charge in [-0.15, -0.1) is 21.5 Å². The van der Waals surface area contributed by atoms with Crippen LogP contribution in [0.5, 0.6) is 0 Å². The predicted molar refractivity (Wildman–Crippen MR) is 97.6 cm³/mol. The molecule has 0 N–H and O–H groups in total. The zero-order chi connectivity index (χ0) is 18.5. The van der Waals surface area contributed by atoms with E-state index in [0.717, 1.165) is 10.6 Å². The molecule has 0 atom stereocenters. The molecule has 3 rings (SSSR count). The normalized spacial score (nSPS) is 10.6. The van der Waals surface area contributed by atoms with Crippen molar-refractivity contribution in [3.63, 3.8) is 0 Å². The average Bonchev–Trinajstić information content (AvgIpc) is 3.10. The minimum atomic E-state index is -0.416. The summed E-state index contributed by atoms with van der Waals surface area (Å²) in [6, 6.07) is 9.34. The highest BCUT2D eigenvalue weighted by Gasteiger charge is 2.12. The van der Waals surface area contributed by atoms with Gasteiger partial charge >= 0.3 is 5.97 Å². The van der Waals surface area contributed by atoms with Crippen LogP contribution in [-0.4, -0.2) is 34.7 Å². The molecule has 26 heavy (non-hydrogen) atoms. The molecule has 0 aliphatic carbocycles. The highest BCUT2D eigenvalue weighted by molar-refractivity contribution is 7.13. The molecule has 2 aromatic heterocycles. The quantitative estimate of drug-likeness (QED) is 0.597. The van der Waals surface area contributed by atoms with Crippen molar-refractivity contribution in [3.8, 4) is 10.6 Å². The first-order valence-corrected chi connectivity index (χ1v) is 8.83. The first-order valence-electron chi connectivity index (χ1n) is 7.57. The van der Waals surface area contributed by atoms with Gasteiger partial charge in [-0.3, -0.25) is 4.79 Å². The summed E-state index contributed by atoms with van der Waals surface area (Å²) in [6.45, 7) is 0.0853. The van der Waals surface area contributed by atoms with Crippen LogP contribution in [0.2, 0.25) is 5.15 Å². The summed E-state index contributed by atoms with van der Waals surface area (Å²) < 4.78 is 18.2. The molecule has 2 heterocycles. The molecular weight excluding hydrogens is 379 g/mol. The van der Waals surface area contributed by atoms with Gasteiger partial charge in [-0.25, -0.2) is 9.37 Å². The van der Waals surface area contributed by atoms with Crippen LogP contribution in [0, 0.1) is 5.82 Å². The van der Waals surface area contributed by atoms with Crippen LogP contribution in [0.3, 0.4) is 0 Å². The number of hydrogen-bond acceptors (Lipinski definition) is 7. The summed E-state index contributed by atoms with van der Waals surface area (Å²) in [7, 11) is 1.70. The third kappa shape index (κ3) is 4.74. The van der Waals surface area contributed by atoms with E-state index in [1.54, 1.807) is 41.6 Å². The third-order valence-electron chi connectivity index (χ3n) is 3.40. The zero-order valence-corrected chi connectivity index (χ0v) is 15.3. The number of aromatic nitrogens is 3. The SMILES string of the molecule is CN(CC(=O)OCc1csc(-c2ccc(F)cc2)n1)c1ccc(Cl)nn1. The van der Waals surface area contributed by atoms with Crippen LogP contribution in [0.4, 0.5) is 10.2 Å². The zero-order valence-electron chi connectivity index (χ0n) is 13.7. The fourth-order valence-corrected chi connectivity index (χ4v) is 3.00. The van der Waals surface area contributed by atoms with Crippen LogP contribution in [0.15, 0.2) is 41.8 Å². The van der Waals surface area contributed by atoms with Gasteiger partial charge in [0.1, 0.15) is 24.0 Å². The molecule has 0 saturated carbocycles. The van der Waals surface area contributed by atoms with Gasteiger partial charge < -0.3 is 9.64 Å². The van der Waals surface area contributed by atoms with Gasteiger partial charge in [-0.2, -0.15) is 0 Å². The number of hydrogen-bond donors (Lipinski definition) is 0. The maximum atomic E-state index is 13.0. The highest BCUT2D eigenvalue weighted by Crippen LogP contribution is 2.24. The molecule has 0 aliphatic rings. The number of likely N-dealkylation sites (N-methyl/N-ethyl adjacent to an activating group) is 1. The molecule has 1 aromatic carbocycles. The molecular formula is C17H14ClFN4O2S. The van der Waals surface area contributed by atoms with Crippen molar-refractivity contribution in [2.75, 3.05) is 18.5 Å². The molecule has 0 saturated heterocycles. The summed E-state index contributed by atoms with van der Waals surface area (Å²) in [5, 5.41) is 10.4. The average molecular weight is 393 g/mol. The Morgan fingerprint density at radius 1 is 1.23 bits per heavy atom. The Morgan fingerprint density at radius 2 is 2.00 bits per heavy atom. The number of nitrogens with zero attached hydrogens (tertiary/aromatic N) is 4. The monoisotopic (exact) mass is 392 g/mol. The molecule has 0 radical (unpaired) electrons. The molecule has 0 unspecified atom stereocenters. The molecule has 134 valence electrons. The Balaban J connectivity index is 1.53. The highest BCUT2D eigenvalue weighted by atomic mass is 35.5. The maximum Gasteiger partial charge on any atom is 0.325 e. The number of rotatable bonds is 6. The van der Waals surface area contributed by atoms with Gasteiger partial charge in [0.05, 0.1) is 5.69 Å². The van der Waals surface area contributed by atoms with E-state index in [1.807, 2.05) is 0 Å². The lowest BCUT2D eigenvalue weighted by Gasteiger charge is -2.16. The molecule has 0 aliphatic heterocycles. The van der Waals surface area contributed by atoms with Crippen LogP contribution in [0.1, 0.15) is 5.69 Å². The molecule has 0 spiro atoms. The van der Waals surface area contributed by atoms with Gasteiger partial charge in [0, 0.05) is 18.0 Å². The van der Waals surface area contributed by atoms with E-state index in [9.17, 15) is 9.18 Å². The van der Waals surface area contributed by atoms with E-state index in [4.69, 9.17) is 16.3 Å². The van der Waals surface area contributed by atoms with Gasteiger partial charge in [0.25, 0.3) is 0 Å². The molecule has 0 amide bonds. The van der Waals surface area contributed by atoms with Gasteiger partial charge in [-0.05, 0) is 36.4 Å². The Morgan fingerprint density at radius 3 is 2.69 bits per heavy atom. The van der Waals surface area contributed by atoms with Gasteiger partial charge in [-0.1, -0.05) is 11.6 Å². The second kappa shape index (κ2) is 8.20. The van der Waals surface area contributed by atoms with E-state index >= 15 is 0 Å². The number of ether oxygens (including phenoxy) is 1. The van der Waals surface area contributed by atoms with Crippen LogP contribution < -0.4 is 4.90 Å². The fraction of sp³-hybridized carbons (Fsp3) is 0.176. The van der Waals surface area contributed by atoms with Crippen molar-refractivity contribution >= 4 is 34.7 Å². The second-order valence-corrected chi connectivity index (χ2v) is 6.63. The van der Waals surface area contributed by atoms with Crippen molar-refractivity contribution < 1.29 is 13.9 Å². The van der Waals surface area contributed by atoms with E-state index < -0.39 is 5.97 Å². The lowest BCUT2D eigenvalue weighted by Crippen LogP contribution is -2.27. The third-order valence-corrected chi connectivity index (χ3v) is 4.54. The first-order chi connectivity index (χ1) is 12.5. The topological polar surface area (TPSA) is 68.2 Å². The predicted octanol–water partition coefficient (Wildman–Crippen LogP) is 3.57. The van der Waals surface area contributed by atoms with Crippen LogP contribution in [0.25, 0.3) is 10.6 Å². The molecule has 6 nitrogen and oxygen atoms in total. The minimum absolute atomic E-state index is 0.0191. The van der Waals surface area contributed by atoms with Crippen LogP contribution in [-0.2, 0) is 16.1 Å². The number of carbonyl (C=O) groups is 1. The number of esters is 1. The number of thiazole rings is 1. The Hall–Kier alpha value is -2.58. The van der Waals surface area contributed by atoms with Gasteiger partial charge in [0.2, 0.25) is 0 Å². The second-order valence-electron chi connectivity index (χ2n) is 5.38. The maximum absolute atomic E-state index is 13.0. The van der Waals surface area contributed by atoms with E-state index in [2.05, 4.69) is 15.2 Å². The number of anilines is 1. The molecule has 0 fully saturated rings. The number of carbonyl (C=O) groups excluding carboxylic acids is 1. The smallest absolute Gasteiger partial charge is 0.325 e. The van der Waals surface area contributed by atoms with E-state index in [0.29, 0.717) is 11.5 Å². The largest absolute Gasteiger partial charge is 0.458 e. The minimum Gasteiger partial charge on any atom is -0.458 e. The standard InChI is InChI=1S/C17H14ClFN4O2S/c1-23(15-7-6-14(18)21-22-15)8-16(24)25-9-13-10-26-17(20-13)11-2-4-12(19)5-3-11/h2-7,10H,8-9H2,1H3. The van der Waals surface area contributed by atoms with Crippen molar-refractivity contribution in [1.82, 2.24) is 15.2 Å². The summed E-state index contributed by atoms with van der Waals surface area (Å²) in [6.07, 6.45) is 0. The molecule has 0 bridgehead atoms. The Kier molecular flexibility index (Phi) is 5.75. The fourth-order valence-electron chi connectivity index (χ4n) is 2.09. The lowest BCUT2D eigenvalue weighted by atomic mass is 10.2. The number of halogens is 2. The summed E-state index contributed by atoms with van der Waals surface area (Å²) >= 11 is 7.09. The summed E-state index contributed by atoms with van der Waals surface area (Å²) in [5.74, 6) is -0.201. The van der Waals surface area contributed by atoms with Crippen molar-refractivity contribution in [3.05, 3.63) is 58.4 Å². The lowest BCUT2D eigenvalue weighted by molar-refractivity contribution is -0.143. The van der Waals surface area contributed by atoms with Crippen LogP contribution >= 0.6 is 22.9 Å². The Bertz CT molecular complexity index is 887. The number of benzene rings is 1. The Labute approximate surface area is 158 Å². The summed E-state index contributed by atoms with van der Waals surface area (Å²) in [5.41, 5.74) is 1.45. The van der Waals surface area contributed by atoms with Crippen molar-refractivity contribution in [2.45, 2.75) is 6.61 Å². The molecule has 3 aromatic rings. The van der Waals surface area contributed by atoms with Crippen molar-refractivity contribution in [1.29, 1.82) is 0 Å².